The molecule has 0 aromatic carbocycles. The van der Waals surface area contributed by atoms with E-state index in [1.165, 1.54) is 4.68 Å². The molecule has 1 N–H and O–H groups in total. The Morgan fingerprint density at radius 1 is 1.47 bits per heavy atom. The van der Waals surface area contributed by atoms with Crippen LogP contribution in [0.4, 0.5) is 0 Å². The van der Waals surface area contributed by atoms with Crippen LogP contribution in [0.2, 0.25) is 0 Å². The lowest BCUT2D eigenvalue weighted by Crippen LogP contribution is -2.25. The van der Waals surface area contributed by atoms with Crippen LogP contribution in [0.25, 0.3) is 0 Å². The van der Waals surface area contributed by atoms with E-state index in [1.54, 1.807) is 12.3 Å². The normalized spacial score (nSPS) is 10.5. The predicted octanol–water partition coefficient (Wildman–Crippen LogP) is 0.941. The average molecular weight is 209 g/mol. The molecule has 0 aliphatic carbocycles. The first-order valence-corrected chi connectivity index (χ1v) is 5.48. The van der Waals surface area contributed by atoms with Gasteiger partial charge in [-0.2, -0.15) is 5.10 Å². The van der Waals surface area contributed by atoms with Gasteiger partial charge in [-0.3, -0.25) is 4.79 Å². The highest BCUT2D eigenvalue weighted by Gasteiger charge is 1.96. The predicted molar refractivity (Wildman–Crippen MR) is 61.0 cm³/mol. The topological polar surface area (TPSA) is 46.9 Å². The van der Waals surface area contributed by atoms with E-state index in [4.69, 9.17) is 0 Å². The molecule has 84 valence electrons. The van der Waals surface area contributed by atoms with E-state index in [0.717, 1.165) is 31.5 Å². The smallest absolute Gasteiger partial charge is 0.266 e. The van der Waals surface area contributed by atoms with Gasteiger partial charge in [-0.15, -0.1) is 0 Å². The zero-order valence-electron chi connectivity index (χ0n) is 9.49. The Hall–Kier alpha value is -1.16. The SMILES string of the molecule is CCCNCCCn1ncc(C)cc1=O. The van der Waals surface area contributed by atoms with Crippen LogP contribution in [-0.4, -0.2) is 22.9 Å². The number of hydrogen-bond acceptors (Lipinski definition) is 3. The first kappa shape index (κ1) is 11.9. The Morgan fingerprint density at radius 3 is 2.93 bits per heavy atom. The van der Waals surface area contributed by atoms with Gasteiger partial charge in [0.25, 0.3) is 5.56 Å². The first-order valence-electron chi connectivity index (χ1n) is 5.48. The Kier molecular flexibility index (Phi) is 5.04. The van der Waals surface area contributed by atoms with Crippen LogP contribution in [0.1, 0.15) is 25.3 Å². The van der Waals surface area contributed by atoms with Crippen molar-refractivity contribution in [1.82, 2.24) is 15.1 Å². The number of aryl methyl sites for hydroxylation is 2. The molecular formula is C11H19N3O. The van der Waals surface area contributed by atoms with E-state index in [1.807, 2.05) is 6.92 Å². The van der Waals surface area contributed by atoms with Crippen molar-refractivity contribution >= 4 is 0 Å². The quantitative estimate of drug-likeness (QED) is 0.709. The molecule has 4 nitrogen and oxygen atoms in total. The molecule has 0 unspecified atom stereocenters. The number of hydrogen-bond donors (Lipinski definition) is 1. The van der Waals surface area contributed by atoms with Crippen molar-refractivity contribution < 1.29 is 0 Å². The fourth-order valence-corrected chi connectivity index (χ4v) is 1.35. The van der Waals surface area contributed by atoms with Gasteiger partial charge < -0.3 is 5.32 Å². The van der Waals surface area contributed by atoms with Crippen molar-refractivity contribution in [2.24, 2.45) is 0 Å². The average Bonchev–Trinajstić information content (AvgIpc) is 2.20. The van der Waals surface area contributed by atoms with E-state index in [2.05, 4.69) is 17.3 Å². The van der Waals surface area contributed by atoms with Crippen molar-refractivity contribution in [3.63, 3.8) is 0 Å². The van der Waals surface area contributed by atoms with Gasteiger partial charge in [0.15, 0.2) is 0 Å². The van der Waals surface area contributed by atoms with Crippen molar-refractivity contribution in [3.05, 3.63) is 28.2 Å². The van der Waals surface area contributed by atoms with E-state index in [9.17, 15) is 4.79 Å². The van der Waals surface area contributed by atoms with Gasteiger partial charge in [0.2, 0.25) is 0 Å². The second-order valence-electron chi connectivity index (χ2n) is 3.70. The third-order valence-electron chi connectivity index (χ3n) is 2.16. The van der Waals surface area contributed by atoms with Gasteiger partial charge in [0, 0.05) is 12.6 Å². The molecule has 0 aliphatic heterocycles. The summed E-state index contributed by atoms with van der Waals surface area (Å²) < 4.78 is 1.51. The third-order valence-corrected chi connectivity index (χ3v) is 2.16. The van der Waals surface area contributed by atoms with Gasteiger partial charge >= 0.3 is 0 Å². The number of rotatable bonds is 6. The summed E-state index contributed by atoms with van der Waals surface area (Å²) in [4.78, 5) is 11.4. The van der Waals surface area contributed by atoms with E-state index >= 15 is 0 Å². The summed E-state index contributed by atoms with van der Waals surface area (Å²) in [7, 11) is 0. The van der Waals surface area contributed by atoms with Crippen LogP contribution in [0.3, 0.4) is 0 Å². The lowest BCUT2D eigenvalue weighted by atomic mass is 10.3. The summed E-state index contributed by atoms with van der Waals surface area (Å²) in [5, 5.41) is 7.36. The molecule has 0 amide bonds. The summed E-state index contributed by atoms with van der Waals surface area (Å²) in [5.74, 6) is 0. The molecule has 0 bridgehead atoms. The summed E-state index contributed by atoms with van der Waals surface area (Å²) in [6.45, 7) is 6.68. The van der Waals surface area contributed by atoms with Gasteiger partial charge in [0.05, 0.1) is 6.20 Å². The Bertz CT molecular complexity index is 346. The highest BCUT2D eigenvalue weighted by molar-refractivity contribution is 5.02. The molecular weight excluding hydrogens is 190 g/mol. The molecule has 0 saturated carbocycles. The van der Waals surface area contributed by atoms with Crippen LogP contribution in [0.5, 0.6) is 0 Å². The maximum absolute atomic E-state index is 11.4. The van der Waals surface area contributed by atoms with E-state index < -0.39 is 0 Å². The fourth-order valence-electron chi connectivity index (χ4n) is 1.35. The van der Waals surface area contributed by atoms with Gasteiger partial charge in [-0.1, -0.05) is 6.92 Å². The summed E-state index contributed by atoms with van der Waals surface area (Å²) in [6, 6.07) is 1.62. The Labute approximate surface area is 90.3 Å². The van der Waals surface area contributed by atoms with Gasteiger partial charge in [0.1, 0.15) is 0 Å². The highest BCUT2D eigenvalue weighted by Crippen LogP contribution is 1.88. The Balaban J connectivity index is 2.34. The monoisotopic (exact) mass is 209 g/mol. The number of nitrogens with zero attached hydrogens (tertiary/aromatic N) is 2. The molecule has 0 aliphatic rings. The molecule has 15 heavy (non-hydrogen) atoms. The fraction of sp³-hybridized carbons (Fsp3) is 0.636. The minimum Gasteiger partial charge on any atom is -0.317 e. The van der Waals surface area contributed by atoms with Crippen molar-refractivity contribution in [1.29, 1.82) is 0 Å². The second-order valence-corrected chi connectivity index (χ2v) is 3.70. The van der Waals surface area contributed by atoms with Crippen LogP contribution in [0.15, 0.2) is 17.1 Å². The molecule has 1 aromatic heterocycles. The highest BCUT2D eigenvalue weighted by atomic mass is 16.1. The summed E-state index contributed by atoms with van der Waals surface area (Å²) in [5.41, 5.74) is 0.908. The van der Waals surface area contributed by atoms with Crippen LogP contribution >= 0.6 is 0 Å². The molecule has 0 fully saturated rings. The molecule has 1 aromatic rings. The lowest BCUT2D eigenvalue weighted by molar-refractivity contribution is 0.521. The molecule has 4 heteroatoms. The molecule has 0 saturated heterocycles. The standard InChI is InChI=1S/C11H19N3O/c1-3-5-12-6-4-7-14-11(15)8-10(2)9-13-14/h8-9,12H,3-7H2,1-2H3. The molecule has 0 radical (unpaired) electrons. The Morgan fingerprint density at radius 2 is 2.27 bits per heavy atom. The van der Waals surface area contributed by atoms with Crippen molar-refractivity contribution in [2.45, 2.75) is 33.2 Å². The molecule has 1 rings (SSSR count). The van der Waals surface area contributed by atoms with Crippen LogP contribution < -0.4 is 10.9 Å². The van der Waals surface area contributed by atoms with E-state index in [0.29, 0.717) is 6.54 Å². The van der Waals surface area contributed by atoms with Gasteiger partial charge in [-0.05, 0) is 38.4 Å². The molecule has 1 heterocycles. The summed E-state index contributed by atoms with van der Waals surface area (Å²) >= 11 is 0. The van der Waals surface area contributed by atoms with Crippen molar-refractivity contribution in [2.75, 3.05) is 13.1 Å². The maximum atomic E-state index is 11.4. The number of aromatic nitrogens is 2. The molecule has 0 atom stereocenters. The second kappa shape index (κ2) is 6.35. The van der Waals surface area contributed by atoms with E-state index in [-0.39, 0.29) is 5.56 Å². The van der Waals surface area contributed by atoms with Crippen LogP contribution in [0, 0.1) is 6.92 Å². The maximum Gasteiger partial charge on any atom is 0.266 e. The minimum atomic E-state index is -0.00880. The molecule has 0 spiro atoms. The lowest BCUT2D eigenvalue weighted by Gasteiger charge is -2.05. The first-order chi connectivity index (χ1) is 7.24. The number of nitrogens with one attached hydrogen (secondary N) is 1. The van der Waals surface area contributed by atoms with Crippen molar-refractivity contribution in [3.8, 4) is 0 Å². The van der Waals surface area contributed by atoms with Gasteiger partial charge in [-0.25, -0.2) is 4.68 Å². The largest absolute Gasteiger partial charge is 0.317 e. The zero-order chi connectivity index (χ0) is 11.1. The zero-order valence-corrected chi connectivity index (χ0v) is 9.49. The minimum absolute atomic E-state index is 0.00880. The van der Waals surface area contributed by atoms with Crippen LogP contribution in [-0.2, 0) is 6.54 Å². The third kappa shape index (κ3) is 4.25. The summed E-state index contributed by atoms with van der Waals surface area (Å²) in [6.07, 6.45) is 3.81.